The van der Waals surface area contributed by atoms with Crippen LogP contribution in [0.5, 0.6) is 5.75 Å². The van der Waals surface area contributed by atoms with Crippen molar-refractivity contribution in [2.24, 2.45) is 4.99 Å². The van der Waals surface area contributed by atoms with Crippen LogP contribution in [0.3, 0.4) is 0 Å². The highest BCUT2D eigenvalue weighted by Gasteiger charge is 2.08. The van der Waals surface area contributed by atoms with Crippen LogP contribution in [-0.4, -0.2) is 34.4 Å². The first-order chi connectivity index (χ1) is 10.5. The van der Waals surface area contributed by atoms with Gasteiger partial charge in [-0.2, -0.15) is 0 Å². The number of halogens is 1. The first kappa shape index (κ1) is 16.2. The van der Waals surface area contributed by atoms with Crippen LogP contribution in [0.2, 0.25) is 0 Å². The maximum absolute atomic E-state index is 9.94. The molecule has 5 nitrogen and oxygen atoms in total. The van der Waals surface area contributed by atoms with Crippen molar-refractivity contribution in [3.8, 4) is 5.75 Å². The van der Waals surface area contributed by atoms with Gasteiger partial charge in [0.25, 0.3) is 0 Å². The fourth-order valence-electron chi connectivity index (χ4n) is 1.82. The van der Waals surface area contributed by atoms with E-state index in [0.717, 1.165) is 21.1 Å². The standard InChI is InChI=1S/C16H17BrN4O/c1-10(4-5-11(2)18-3)8-19-16-13-6-12(17)7-14(22)15(13)20-9-21-16/h4-7,9,22H,1,8H2,2-3H3,(H,19,20,21)/b5-4-,18-11?. The molecule has 0 amide bonds. The van der Waals surface area contributed by atoms with Crippen LogP contribution in [0.1, 0.15) is 6.92 Å². The number of nitrogens with one attached hydrogen (secondary N) is 1. The van der Waals surface area contributed by atoms with Crippen molar-refractivity contribution < 1.29 is 5.11 Å². The largest absolute Gasteiger partial charge is 0.506 e. The lowest BCUT2D eigenvalue weighted by Gasteiger charge is -2.09. The zero-order valence-electron chi connectivity index (χ0n) is 12.5. The lowest BCUT2D eigenvalue weighted by molar-refractivity contribution is 0.480. The number of rotatable bonds is 5. The Labute approximate surface area is 137 Å². The number of phenols is 1. The highest BCUT2D eigenvalue weighted by molar-refractivity contribution is 9.10. The van der Waals surface area contributed by atoms with Crippen LogP contribution in [0.4, 0.5) is 5.82 Å². The average molecular weight is 361 g/mol. The van der Waals surface area contributed by atoms with Crippen LogP contribution in [-0.2, 0) is 0 Å². The first-order valence-corrected chi connectivity index (χ1v) is 7.47. The predicted molar refractivity (Wildman–Crippen MR) is 94.7 cm³/mol. The summed E-state index contributed by atoms with van der Waals surface area (Å²) in [5.41, 5.74) is 2.34. The minimum Gasteiger partial charge on any atom is -0.506 e. The average Bonchev–Trinajstić information content (AvgIpc) is 2.50. The van der Waals surface area contributed by atoms with Gasteiger partial charge in [-0.1, -0.05) is 28.6 Å². The van der Waals surface area contributed by atoms with E-state index in [0.29, 0.717) is 17.9 Å². The molecule has 114 valence electrons. The fourth-order valence-corrected chi connectivity index (χ4v) is 2.27. The molecule has 0 aliphatic heterocycles. The molecule has 22 heavy (non-hydrogen) atoms. The summed E-state index contributed by atoms with van der Waals surface area (Å²) in [4.78, 5) is 12.4. The van der Waals surface area contributed by atoms with Gasteiger partial charge in [-0.25, -0.2) is 9.97 Å². The van der Waals surface area contributed by atoms with E-state index < -0.39 is 0 Å². The van der Waals surface area contributed by atoms with Crippen molar-refractivity contribution in [2.75, 3.05) is 18.9 Å². The van der Waals surface area contributed by atoms with E-state index in [1.165, 1.54) is 6.33 Å². The van der Waals surface area contributed by atoms with Crippen LogP contribution in [0, 0.1) is 0 Å². The molecule has 0 aliphatic rings. The number of phenolic OH excluding ortho intramolecular Hbond substituents is 1. The van der Waals surface area contributed by atoms with Crippen molar-refractivity contribution in [2.45, 2.75) is 6.92 Å². The molecule has 2 aromatic rings. The molecule has 2 rings (SSSR count). The highest BCUT2D eigenvalue weighted by Crippen LogP contribution is 2.30. The number of hydrogen-bond acceptors (Lipinski definition) is 5. The molecule has 1 aromatic carbocycles. The highest BCUT2D eigenvalue weighted by atomic mass is 79.9. The van der Waals surface area contributed by atoms with Gasteiger partial charge in [0.05, 0.1) is 0 Å². The Hall–Kier alpha value is -2.21. The summed E-state index contributed by atoms with van der Waals surface area (Å²) in [6, 6.07) is 3.47. The van der Waals surface area contributed by atoms with Gasteiger partial charge in [-0.3, -0.25) is 4.99 Å². The summed E-state index contributed by atoms with van der Waals surface area (Å²) in [5, 5.41) is 13.9. The molecule has 6 heteroatoms. The van der Waals surface area contributed by atoms with E-state index in [1.54, 1.807) is 13.1 Å². The minimum absolute atomic E-state index is 0.114. The van der Waals surface area contributed by atoms with Gasteiger partial charge in [0, 0.05) is 29.2 Å². The Bertz CT molecular complexity index is 768. The van der Waals surface area contributed by atoms with Crippen LogP contribution in [0.15, 0.2) is 52.2 Å². The molecule has 0 aliphatic carbocycles. The number of aromatic nitrogens is 2. The molecule has 0 saturated heterocycles. The van der Waals surface area contributed by atoms with Gasteiger partial charge in [0.2, 0.25) is 0 Å². The Kier molecular flexibility index (Phi) is 5.27. The van der Waals surface area contributed by atoms with E-state index in [4.69, 9.17) is 0 Å². The monoisotopic (exact) mass is 360 g/mol. The van der Waals surface area contributed by atoms with E-state index in [-0.39, 0.29) is 5.75 Å². The number of allylic oxidation sites excluding steroid dienone is 1. The maximum atomic E-state index is 9.94. The number of aromatic hydroxyl groups is 1. The van der Waals surface area contributed by atoms with Gasteiger partial charge >= 0.3 is 0 Å². The van der Waals surface area contributed by atoms with Crippen LogP contribution in [0.25, 0.3) is 10.9 Å². The fraction of sp³-hybridized carbons (Fsp3) is 0.188. The summed E-state index contributed by atoms with van der Waals surface area (Å²) in [6.45, 7) is 6.45. The molecule has 2 N–H and O–H groups in total. The van der Waals surface area contributed by atoms with Gasteiger partial charge in [-0.05, 0) is 30.7 Å². The summed E-state index contributed by atoms with van der Waals surface area (Å²) in [5.74, 6) is 0.764. The zero-order valence-corrected chi connectivity index (χ0v) is 14.1. The predicted octanol–water partition coefficient (Wildman–Crippen LogP) is 3.71. The minimum atomic E-state index is 0.114. The van der Waals surface area contributed by atoms with Crippen molar-refractivity contribution in [3.63, 3.8) is 0 Å². The second-order valence-corrected chi connectivity index (χ2v) is 5.67. The van der Waals surface area contributed by atoms with Crippen molar-refractivity contribution in [1.82, 2.24) is 9.97 Å². The molecule has 0 saturated carbocycles. The quantitative estimate of drug-likeness (QED) is 0.629. The number of nitrogens with zero attached hydrogens (tertiary/aromatic N) is 3. The zero-order chi connectivity index (χ0) is 16.1. The smallest absolute Gasteiger partial charge is 0.143 e. The second kappa shape index (κ2) is 7.17. The summed E-state index contributed by atoms with van der Waals surface area (Å²) >= 11 is 3.36. The molecule has 0 unspecified atom stereocenters. The molecule has 1 aromatic heterocycles. The molecule has 0 spiro atoms. The number of fused-ring (bicyclic) bond motifs is 1. The lowest BCUT2D eigenvalue weighted by atomic mass is 10.2. The number of hydrogen-bond donors (Lipinski definition) is 2. The maximum Gasteiger partial charge on any atom is 0.143 e. The van der Waals surface area contributed by atoms with Crippen molar-refractivity contribution in [1.29, 1.82) is 0 Å². The van der Waals surface area contributed by atoms with Gasteiger partial charge in [-0.15, -0.1) is 0 Å². The normalized spacial score (nSPS) is 12.0. The molecule has 0 bridgehead atoms. The molecular weight excluding hydrogens is 344 g/mol. The first-order valence-electron chi connectivity index (χ1n) is 6.67. The van der Waals surface area contributed by atoms with Gasteiger partial charge in [0.1, 0.15) is 23.4 Å². The third-order valence-electron chi connectivity index (χ3n) is 3.08. The SMILES string of the molecule is C=C(/C=C\C(C)=NC)CNc1ncnc2c(O)cc(Br)cc12. The van der Waals surface area contributed by atoms with Crippen molar-refractivity contribution in [3.05, 3.63) is 47.2 Å². The Morgan fingerprint density at radius 3 is 2.91 bits per heavy atom. The molecule has 1 heterocycles. The van der Waals surface area contributed by atoms with Crippen molar-refractivity contribution >= 4 is 38.4 Å². The number of anilines is 1. The molecule has 0 radical (unpaired) electrons. The molecular formula is C16H17BrN4O. The van der Waals surface area contributed by atoms with Crippen LogP contribution >= 0.6 is 15.9 Å². The van der Waals surface area contributed by atoms with Gasteiger partial charge in [0.15, 0.2) is 0 Å². The summed E-state index contributed by atoms with van der Waals surface area (Å²) in [7, 11) is 1.75. The van der Waals surface area contributed by atoms with E-state index in [2.05, 4.69) is 42.8 Å². The third kappa shape index (κ3) is 3.92. The Morgan fingerprint density at radius 2 is 2.18 bits per heavy atom. The van der Waals surface area contributed by atoms with Gasteiger partial charge < -0.3 is 10.4 Å². The van der Waals surface area contributed by atoms with E-state index in [1.807, 2.05) is 25.1 Å². The lowest BCUT2D eigenvalue weighted by Crippen LogP contribution is -2.05. The second-order valence-electron chi connectivity index (χ2n) is 4.75. The number of aliphatic imine (C=N–C) groups is 1. The van der Waals surface area contributed by atoms with E-state index >= 15 is 0 Å². The Balaban J connectivity index is 2.19. The van der Waals surface area contributed by atoms with E-state index in [9.17, 15) is 5.11 Å². The Morgan fingerprint density at radius 1 is 1.41 bits per heavy atom. The summed E-state index contributed by atoms with van der Waals surface area (Å²) < 4.78 is 0.767. The topological polar surface area (TPSA) is 70.4 Å². The van der Waals surface area contributed by atoms with Crippen LogP contribution < -0.4 is 5.32 Å². The molecule has 0 atom stereocenters. The molecule has 0 fully saturated rings. The summed E-state index contributed by atoms with van der Waals surface area (Å²) in [6.07, 6.45) is 5.24. The third-order valence-corrected chi connectivity index (χ3v) is 3.54. The number of benzene rings is 1.